The lowest BCUT2D eigenvalue weighted by atomic mass is 10.2. The van der Waals surface area contributed by atoms with E-state index in [4.69, 9.17) is 5.73 Å². The fourth-order valence-electron chi connectivity index (χ4n) is 1.81. The first-order valence-corrected chi connectivity index (χ1v) is 7.06. The summed E-state index contributed by atoms with van der Waals surface area (Å²) in [6.45, 7) is 4.95. The Kier molecular flexibility index (Phi) is 6.13. The van der Waals surface area contributed by atoms with Gasteiger partial charge in [-0.25, -0.2) is 4.98 Å². The van der Waals surface area contributed by atoms with Crippen LogP contribution in [0.2, 0.25) is 0 Å². The molecule has 0 radical (unpaired) electrons. The van der Waals surface area contributed by atoms with Gasteiger partial charge in [-0.15, -0.1) is 23.7 Å². The van der Waals surface area contributed by atoms with Crippen LogP contribution < -0.4 is 10.6 Å². The molecule has 0 unspecified atom stereocenters. The number of anilines is 1. The zero-order chi connectivity index (χ0) is 13.8. The SMILES string of the molecule is CCN(C(=O)c1csc(CN)n1)c1ccc(C)cc1.Cl. The van der Waals surface area contributed by atoms with Crippen molar-refractivity contribution in [2.24, 2.45) is 5.73 Å². The molecule has 2 rings (SSSR count). The smallest absolute Gasteiger partial charge is 0.277 e. The average molecular weight is 312 g/mol. The number of benzene rings is 1. The Labute approximate surface area is 129 Å². The summed E-state index contributed by atoms with van der Waals surface area (Å²) in [7, 11) is 0. The maximum atomic E-state index is 12.4. The standard InChI is InChI=1S/C14H17N3OS.ClH/c1-3-17(11-6-4-10(2)5-7-11)14(18)12-9-19-13(8-15)16-12;/h4-7,9H,3,8,15H2,1-2H3;1H. The van der Waals surface area contributed by atoms with Crippen molar-refractivity contribution in [1.29, 1.82) is 0 Å². The van der Waals surface area contributed by atoms with E-state index in [0.29, 0.717) is 18.8 Å². The molecular weight excluding hydrogens is 294 g/mol. The number of carbonyl (C=O) groups is 1. The Balaban J connectivity index is 0.00000200. The minimum atomic E-state index is -0.0812. The summed E-state index contributed by atoms with van der Waals surface area (Å²) in [5.41, 5.74) is 8.05. The van der Waals surface area contributed by atoms with E-state index in [-0.39, 0.29) is 18.3 Å². The largest absolute Gasteiger partial charge is 0.325 e. The molecule has 1 aromatic carbocycles. The van der Waals surface area contributed by atoms with E-state index >= 15 is 0 Å². The van der Waals surface area contributed by atoms with Crippen molar-refractivity contribution in [1.82, 2.24) is 4.98 Å². The molecule has 0 aliphatic carbocycles. The van der Waals surface area contributed by atoms with Crippen molar-refractivity contribution in [3.8, 4) is 0 Å². The summed E-state index contributed by atoms with van der Waals surface area (Å²) in [6, 6.07) is 7.90. The van der Waals surface area contributed by atoms with Crippen molar-refractivity contribution in [2.75, 3.05) is 11.4 Å². The van der Waals surface area contributed by atoms with Crippen LogP contribution in [0.1, 0.15) is 28.0 Å². The molecule has 0 atom stereocenters. The second-order valence-corrected chi connectivity index (χ2v) is 5.16. The number of hydrogen-bond acceptors (Lipinski definition) is 4. The van der Waals surface area contributed by atoms with Crippen LogP contribution in [-0.2, 0) is 6.54 Å². The molecule has 0 spiro atoms. The van der Waals surface area contributed by atoms with Crippen molar-refractivity contribution >= 4 is 35.3 Å². The van der Waals surface area contributed by atoms with Crippen LogP contribution >= 0.6 is 23.7 Å². The molecule has 1 aromatic heterocycles. The maximum Gasteiger partial charge on any atom is 0.277 e. The zero-order valence-corrected chi connectivity index (χ0v) is 13.1. The Morgan fingerprint density at radius 1 is 1.35 bits per heavy atom. The van der Waals surface area contributed by atoms with E-state index in [9.17, 15) is 4.79 Å². The molecule has 2 N–H and O–H groups in total. The maximum absolute atomic E-state index is 12.4. The van der Waals surface area contributed by atoms with Crippen molar-refractivity contribution < 1.29 is 4.79 Å². The van der Waals surface area contributed by atoms with Gasteiger partial charge in [-0.1, -0.05) is 17.7 Å². The fraction of sp³-hybridized carbons (Fsp3) is 0.286. The van der Waals surface area contributed by atoms with Gasteiger partial charge in [-0.05, 0) is 26.0 Å². The van der Waals surface area contributed by atoms with Gasteiger partial charge < -0.3 is 10.6 Å². The molecule has 0 bridgehead atoms. The number of hydrogen-bond donors (Lipinski definition) is 1. The van der Waals surface area contributed by atoms with Gasteiger partial charge in [0.15, 0.2) is 0 Å². The highest BCUT2D eigenvalue weighted by Gasteiger charge is 2.18. The normalized spacial score (nSPS) is 9.95. The van der Waals surface area contributed by atoms with Crippen molar-refractivity contribution in [2.45, 2.75) is 20.4 Å². The zero-order valence-electron chi connectivity index (χ0n) is 11.5. The van der Waals surface area contributed by atoms with Gasteiger partial charge >= 0.3 is 0 Å². The van der Waals surface area contributed by atoms with E-state index in [2.05, 4.69) is 4.98 Å². The summed E-state index contributed by atoms with van der Waals surface area (Å²) in [6.07, 6.45) is 0. The highest BCUT2D eigenvalue weighted by molar-refractivity contribution is 7.09. The number of nitrogens with zero attached hydrogens (tertiary/aromatic N) is 2. The second kappa shape index (κ2) is 7.38. The van der Waals surface area contributed by atoms with Crippen molar-refractivity contribution in [3.05, 3.63) is 45.9 Å². The first kappa shape index (κ1) is 16.6. The van der Waals surface area contributed by atoms with Gasteiger partial charge in [0, 0.05) is 24.2 Å². The van der Waals surface area contributed by atoms with Crippen LogP contribution in [0.25, 0.3) is 0 Å². The number of aryl methyl sites for hydroxylation is 1. The van der Waals surface area contributed by atoms with Crippen LogP contribution in [-0.4, -0.2) is 17.4 Å². The number of amides is 1. The highest BCUT2D eigenvalue weighted by Crippen LogP contribution is 2.19. The van der Waals surface area contributed by atoms with Gasteiger partial charge in [-0.2, -0.15) is 0 Å². The third kappa shape index (κ3) is 3.56. The molecule has 1 heterocycles. The minimum absolute atomic E-state index is 0. The summed E-state index contributed by atoms with van der Waals surface area (Å²) >= 11 is 1.42. The Bertz CT molecular complexity index is 568. The molecule has 4 nitrogen and oxygen atoms in total. The first-order valence-electron chi connectivity index (χ1n) is 6.18. The van der Waals surface area contributed by atoms with Gasteiger partial charge in [-0.3, -0.25) is 4.79 Å². The molecule has 0 fully saturated rings. The van der Waals surface area contributed by atoms with E-state index in [1.165, 1.54) is 16.9 Å². The lowest BCUT2D eigenvalue weighted by Gasteiger charge is -2.20. The Hall–Kier alpha value is -1.43. The monoisotopic (exact) mass is 311 g/mol. The summed E-state index contributed by atoms with van der Waals surface area (Å²) < 4.78 is 0. The minimum Gasteiger partial charge on any atom is -0.325 e. The molecular formula is C14H18ClN3OS. The van der Waals surface area contributed by atoms with Crippen LogP contribution in [0, 0.1) is 6.92 Å². The molecule has 0 aliphatic rings. The number of rotatable bonds is 4. The molecule has 0 aliphatic heterocycles. The molecule has 108 valence electrons. The number of carbonyl (C=O) groups excluding carboxylic acids is 1. The van der Waals surface area contributed by atoms with Gasteiger partial charge in [0.1, 0.15) is 10.7 Å². The predicted octanol–water partition coefficient (Wildman–Crippen LogP) is 3.00. The number of halogens is 1. The van der Waals surface area contributed by atoms with Crippen LogP contribution in [0.5, 0.6) is 0 Å². The molecule has 6 heteroatoms. The van der Waals surface area contributed by atoms with Gasteiger partial charge in [0.05, 0.1) is 0 Å². The van der Waals surface area contributed by atoms with E-state index < -0.39 is 0 Å². The number of thiazole rings is 1. The summed E-state index contributed by atoms with van der Waals surface area (Å²) in [5, 5.41) is 2.55. The molecule has 0 saturated heterocycles. The average Bonchev–Trinajstić information content (AvgIpc) is 2.90. The summed E-state index contributed by atoms with van der Waals surface area (Å²) in [4.78, 5) is 18.4. The van der Waals surface area contributed by atoms with Crippen LogP contribution in [0.15, 0.2) is 29.6 Å². The van der Waals surface area contributed by atoms with Gasteiger partial charge in [0.2, 0.25) is 0 Å². The Morgan fingerprint density at radius 2 is 2.00 bits per heavy atom. The third-order valence-corrected chi connectivity index (χ3v) is 3.72. The Morgan fingerprint density at radius 3 is 2.50 bits per heavy atom. The van der Waals surface area contributed by atoms with E-state index in [1.54, 1.807) is 10.3 Å². The summed E-state index contributed by atoms with van der Waals surface area (Å²) in [5.74, 6) is -0.0812. The quantitative estimate of drug-likeness (QED) is 0.944. The second-order valence-electron chi connectivity index (χ2n) is 4.22. The van der Waals surface area contributed by atoms with Crippen LogP contribution in [0.3, 0.4) is 0 Å². The lowest BCUT2D eigenvalue weighted by molar-refractivity contribution is 0.0984. The highest BCUT2D eigenvalue weighted by atomic mass is 35.5. The number of nitrogens with two attached hydrogens (primary N) is 1. The van der Waals surface area contributed by atoms with Crippen LogP contribution in [0.4, 0.5) is 5.69 Å². The van der Waals surface area contributed by atoms with Crippen molar-refractivity contribution in [3.63, 3.8) is 0 Å². The van der Waals surface area contributed by atoms with E-state index in [0.717, 1.165) is 10.7 Å². The lowest BCUT2D eigenvalue weighted by Crippen LogP contribution is -2.30. The molecule has 1 amide bonds. The molecule has 20 heavy (non-hydrogen) atoms. The van der Waals surface area contributed by atoms with E-state index in [1.807, 2.05) is 38.1 Å². The molecule has 0 saturated carbocycles. The molecule has 2 aromatic rings. The topological polar surface area (TPSA) is 59.2 Å². The number of aromatic nitrogens is 1. The third-order valence-electron chi connectivity index (χ3n) is 2.85. The predicted molar refractivity (Wildman–Crippen MR) is 85.8 cm³/mol. The fourth-order valence-corrected chi connectivity index (χ4v) is 2.46. The first-order chi connectivity index (χ1) is 9.15. The van der Waals surface area contributed by atoms with Gasteiger partial charge in [0.25, 0.3) is 5.91 Å².